The molecular formula is C25H29ClFN7O. The Hall–Kier alpha value is -3.20. The lowest BCUT2D eigenvalue weighted by atomic mass is 9.96. The Balaban J connectivity index is 1.23. The number of halogens is 2. The second-order valence-electron chi connectivity index (χ2n) is 9.27. The van der Waals surface area contributed by atoms with E-state index in [1.54, 1.807) is 18.5 Å². The van der Waals surface area contributed by atoms with Crippen molar-refractivity contribution >= 4 is 29.0 Å². The number of amides is 1. The zero-order valence-electron chi connectivity index (χ0n) is 20.0. The van der Waals surface area contributed by atoms with Crippen LogP contribution in [0.5, 0.6) is 0 Å². The number of hydrogen-bond acceptors (Lipinski definition) is 6. The molecule has 184 valence electrons. The number of carbonyl (C=O) groups excluding carboxylic acids is 1. The Bertz CT molecular complexity index is 1220. The quantitative estimate of drug-likeness (QED) is 0.548. The summed E-state index contributed by atoms with van der Waals surface area (Å²) in [6.07, 6.45) is 3.37. The molecule has 2 aromatic heterocycles. The van der Waals surface area contributed by atoms with E-state index in [9.17, 15) is 9.18 Å². The summed E-state index contributed by atoms with van der Waals surface area (Å²) >= 11 is 5.95. The van der Waals surface area contributed by atoms with Crippen LogP contribution in [-0.4, -0.2) is 69.8 Å². The molecule has 1 atom stereocenters. The van der Waals surface area contributed by atoms with Crippen LogP contribution in [0.1, 0.15) is 24.2 Å². The number of hydrogen-bond donors (Lipinski definition) is 0. The van der Waals surface area contributed by atoms with Gasteiger partial charge in [0.15, 0.2) is 5.82 Å². The molecule has 5 rings (SSSR count). The molecule has 2 aliphatic rings. The number of anilines is 2. The standard InChI is InChI=1S/C25H29ClFN7O/c1-17-12-18(2)34(30-17)24-14-23(28-16-29-24)33-7-3-4-19(15-33)25(35)32-10-8-31(9-11-32)20-5-6-22(27)21(26)13-20/h5-6,12-14,16,19H,3-4,7-11,15H2,1-2H3. The molecule has 10 heteroatoms. The maximum absolute atomic E-state index is 13.5. The lowest BCUT2D eigenvalue weighted by Gasteiger charge is -2.40. The minimum absolute atomic E-state index is 0.0670. The molecule has 4 heterocycles. The van der Waals surface area contributed by atoms with Gasteiger partial charge in [-0.25, -0.2) is 19.0 Å². The Kier molecular flexibility index (Phi) is 6.60. The highest BCUT2D eigenvalue weighted by molar-refractivity contribution is 6.31. The van der Waals surface area contributed by atoms with E-state index in [1.165, 1.54) is 6.07 Å². The molecule has 3 aromatic rings. The fourth-order valence-electron chi connectivity index (χ4n) is 5.00. The highest BCUT2D eigenvalue weighted by Gasteiger charge is 2.32. The van der Waals surface area contributed by atoms with Crippen molar-refractivity contribution in [1.82, 2.24) is 24.6 Å². The lowest BCUT2D eigenvalue weighted by molar-refractivity contribution is -0.136. The van der Waals surface area contributed by atoms with Crippen molar-refractivity contribution in [2.75, 3.05) is 49.1 Å². The van der Waals surface area contributed by atoms with Crippen molar-refractivity contribution in [2.24, 2.45) is 5.92 Å². The molecule has 0 radical (unpaired) electrons. The molecule has 0 aliphatic carbocycles. The number of benzene rings is 1. The van der Waals surface area contributed by atoms with Crippen LogP contribution in [0, 0.1) is 25.6 Å². The third-order valence-electron chi connectivity index (χ3n) is 6.82. The van der Waals surface area contributed by atoms with Gasteiger partial charge in [-0.2, -0.15) is 5.10 Å². The third kappa shape index (κ3) is 4.96. The number of nitrogens with zero attached hydrogens (tertiary/aromatic N) is 7. The van der Waals surface area contributed by atoms with E-state index in [0.29, 0.717) is 32.7 Å². The molecule has 0 N–H and O–H groups in total. The number of carbonyl (C=O) groups is 1. The summed E-state index contributed by atoms with van der Waals surface area (Å²) < 4.78 is 15.3. The average molecular weight is 498 g/mol. The van der Waals surface area contributed by atoms with Crippen molar-refractivity contribution in [3.63, 3.8) is 0 Å². The van der Waals surface area contributed by atoms with E-state index in [1.807, 2.05) is 35.6 Å². The number of rotatable bonds is 4. The molecular weight excluding hydrogens is 469 g/mol. The average Bonchev–Trinajstić information content (AvgIpc) is 3.23. The first-order valence-electron chi connectivity index (χ1n) is 12.0. The Morgan fingerprint density at radius 2 is 1.77 bits per heavy atom. The predicted molar refractivity (Wildman–Crippen MR) is 134 cm³/mol. The van der Waals surface area contributed by atoms with Gasteiger partial charge in [0.2, 0.25) is 5.91 Å². The van der Waals surface area contributed by atoms with Gasteiger partial charge in [0.25, 0.3) is 0 Å². The van der Waals surface area contributed by atoms with Gasteiger partial charge in [-0.3, -0.25) is 4.79 Å². The molecule has 35 heavy (non-hydrogen) atoms. The highest BCUT2D eigenvalue weighted by atomic mass is 35.5. The summed E-state index contributed by atoms with van der Waals surface area (Å²) in [5.41, 5.74) is 2.84. The van der Waals surface area contributed by atoms with E-state index in [0.717, 1.165) is 48.1 Å². The van der Waals surface area contributed by atoms with Crippen LogP contribution >= 0.6 is 11.6 Å². The second kappa shape index (κ2) is 9.81. The van der Waals surface area contributed by atoms with Crippen LogP contribution in [0.25, 0.3) is 5.82 Å². The van der Waals surface area contributed by atoms with E-state index in [2.05, 4.69) is 24.9 Å². The monoisotopic (exact) mass is 497 g/mol. The van der Waals surface area contributed by atoms with Gasteiger partial charge >= 0.3 is 0 Å². The van der Waals surface area contributed by atoms with Crippen molar-refractivity contribution in [2.45, 2.75) is 26.7 Å². The molecule has 2 fully saturated rings. The van der Waals surface area contributed by atoms with Crippen LogP contribution in [0.3, 0.4) is 0 Å². The first-order valence-corrected chi connectivity index (χ1v) is 12.4. The fraction of sp³-hybridized carbons (Fsp3) is 0.440. The summed E-state index contributed by atoms with van der Waals surface area (Å²) in [5, 5.41) is 4.64. The highest BCUT2D eigenvalue weighted by Crippen LogP contribution is 2.27. The summed E-state index contributed by atoms with van der Waals surface area (Å²) in [4.78, 5) is 28.5. The number of piperazine rings is 1. The first kappa shape index (κ1) is 23.5. The van der Waals surface area contributed by atoms with Crippen LogP contribution < -0.4 is 9.80 Å². The molecule has 0 spiro atoms. The SMILES string of the molecule is Cc1cc(C)n(-c2cc(N3CCCC(C(=O)N4CCN(c5ccc(F)c(Cl)c5)CC4)C3)ncn2)n1. The lowest BCUT2D eigenvalue weighted by Crippen LogP contribution is -2.52. The predicted octanol–water partition coefficient (Wildman–Crippen LogP) is 3.64. The minimum Gasteiger partial charge on any atom is -0.368 e. The van der Waals surface area contributed by atoms with E-state index in [-0.39, 0.29) is 16.8 Å². The maximum Gasteiger partial charge on any atom is 0.227 e. The zero-order valence-corrected chi connectivity index (χ0v) is 20.7. The van der Waals surface area contributed by atoms with Crippen LogP contribution in [0.15, 0.2) is 36.7 Å². The van der Waals surface area contributed by atoms with Gasteiger partial charge in [-0.05, 0) is 51.0 Å². The molecule has 1 amide bonds. The summed E-state index contributed by atoms with van der Waals surface area (Å²) in [6, 6.07) is 8.73. The molecule has 0 saturated carbocycles. The zero-order chi connectivity index (χ0) is 24.5. The minimum atomic E-state index is -0.420. The normalized spacial score (nSPS) is 18.7. The molecule has 8 nitrogen and oxygen atoms in total. The Morgan fingerprint density at radius 1 is 1.00 bits per heavy atom. The molecule has 1 unspecified atom stereocenters. The van der Waals surface area contributed by atoms with Gasteiger partial charge in [-0.15, -0.1) is 0 Å². The summed E-state index contributed by atoms with van der Waals surface area (Å²) in [7, 11) is 0. The largest absolute Gasteiger partial charge is 0.368 e. The first-order chi connectivity index (χ1) is 16.9. The maximum atomic E-state index is 13.5. The number of aromatic nitrogens is 4. The van der Waals surface area contributed by atoms with Crippen molar-refractivity contribution in [3.8, 4) is 5.82 Å². The van der Waals surface area contributed by atoms with Crippen LogP contribution in [0.2, 0.25) is 5.02 Å². The molecule has 2 saturated heterocycles. The topological polar surface area (TPSA) is 70.4 Å². The van der Waals surface area contributed by atoms with Gasteiger partial charge in [-0.1, -0.05) is 11.6 Å². The molecule has 2 aliphatic heterocycles. The van der Waals surface area contributed by atoms with Gasteiger partial charge in [0.1, 0.15) is 18.0 Å². The van der Waals surface area contributed by atoms with Gasteiger partial charge in [0, 0.05) is 56.7 Å². The van der Waals surface area contributed by atoms with Gasteiger partial charge in [0.05, 0.1) is 16.6 Å². The van der Waals surface area contributed by atoms with E-state index >= 15 is 0 Å². The van der Waals surface area contributed by atoms with Crippen molar-refractivity contribution in [1.29, 1.82) is 0 Å². The van der Waals surface area contributed by atoms with E-state index in [4.69, 9.17) is 11.6 Å². The fourth-order valence-corrected chi connectivity index (χ4v) is 5.17. The van der Waals surface area contributed by atoms with Crippen LogP contribution in [0.4, 0.5) is 15.9 Å². The summed E-state index contributed by atoms with van der Waals surface area (Å²) in [5.74, 6) is 1.25. The second-order valence-corrected chi connectivity index (χ2v) is 9.68. The van der Waals surface area contributed by atoms with E-state index < -0.39 is 5.82 Å². The Labute approximate surface area is 209 Å². The van der Waals surface area contributed by atoms with Crippen molar-refractivity contribution in [3.05, 3.63) is 58.9 Å². The van der Waals surface area contributed by atoms with Crippen molar-refractivity contribution < 1.29 is 9.18 Å². The smallest absolute Gasteiger partial charge is 0.227 e. The van der Waals surface area contributed by atoms with Crippen LogP contribution in [-0.2, 0) is 4.79 Å². The number of aryl methyl sites for hydroxylation is 2. The molecule has 0 bridgehead atoms. The van der Waals surface area contributed by atoms with Gasteiger partial charge < -0.3 is 14.7 Å². The number of piperidine rings is 1. The third-order valence-corrected chi connectivity index (χ3v) is 7.11. The Morgan fingerprint density at radius 3 is 2.49 bits per heavy atom. The molecule has 1 aromatic carbocycles. The summed E-state index contributed by atoms with van der Waals surface area (Å²) in [6.45, 7) is 8.13.